The van der Waals surface area contributed by atoms with Crippen molar-refractivity contribution >= 4 is 60.7 Å². The Labute approximate surface area is 303 Å². The number of aromatic nitrogens is 4. The van der Waals surface area contributed by atoms with Gasteiger partial charge < -0.3 is 4.90 Å². The highest BCUT2D eigenvalue weighted by atomic mass is 15.2. The van der Waals surface area contributed by atoms with Crippen LogP contribution in [-0.2, 0) is 10.8 Å². The molecule has 0 spiro atoms. The summed E-state index contributed by atoms with van der Waals surface area (Å²) in [6.45, 7) is 11.5. The van der Waals surface area contributed by atoms with Crippen molar-refractivity contribution in [2.24, 2.45) is 0 Å². The Morgan fingerprint density at radius 3 is 1.87 bits per heavy atom. The molecule has 5 nitrogen and oxygen atoms in total. The summed E-state index contributed by atoms with van der Waals surface area (Å²) in [5, 5.41) is 4.88. The summed E-state index contributed by atoms with van der Waals surface area (Å²) in [6, 6.07) is 48.6. The first-order valence-electron chi connectivity index (χ1n) is 18.1. The summed E-state index contributed by atoms with van der Waals surface area (Å²) in [7, 11) is 0. The number of benzene rings is 5. The molecule has 5 aromatic carbocycles. The summed E-state index contributed by atoms with van der Waals surface area (Å²) >= 11 is 0. The first kappa shape index (κ1) is 30.6. The molecule has 4 aromatic heterocycles. The van der Waals surface area contributed by atoms with Crippen LogP contribution in [0.3, 0.4) is 0 Å². The third-order valence-corrected chi connectivity index (χ3v) is 11.2. The maximum absolute atomic E-state index is 4.96. The quantitative estimate of drug-likeness (QED) is 0.187. The van der Waals surface area contributed by atoms with E-state index in [4.69, 9.17) is 9.97 Å². The first-order chi connectivity index (χ1) is 25.2. The van der Waals surface area contributed by atoms with Gasteiger partial charge in [0.25, 0.3) is 0 Å². The van der Waals surface area contributed by atoms with E-state index in [9.17, 15) is 0 Å². The molecule has 1 aliphatic rings. The van der Waals surface area contributed by atoms with E-state index in [0.29, 0.717) is 0 Å². The van der Waals surface area contributed by atoms with Crippen molar-refractivity contribution in [3.8, 4) is 11.6 Å². The highest BCUT2D eigenvalue weighted by Crippen LogP contribution is 2.54. The van der Waals surface area contributed by atoms with Crippen molar-refractivity contribution in [1.82, 2.24) is 19.1 Å². The second kappa shape index (κ2) is 10.9. The van der Waals surface area contributed by atoms with E-state index in [-0.39, 0.29) is 10.8 Å². The van der Waals surface area contributed by atoms with Gasteiger partial charge in [-0.05, 0) is 88.8 Å². The van der Waals surface area contributed by atoms with E-state index in [2.05, 4.69) is 176 Å². The normalized spacial score (nSPS) is 14.0. The molecular weight excluding hydrogens is 635 g/mol. The maximum atomic E-state index is 4.96. The van der Waals surface area contributed by atoms with Gasteiger partial charge in [-0.1, -0.05) is 101 Å². The topological polar surface area (TPSA) is 38.9 Å². The van der Waals surface area contributed by atoms with E-state index in [0.717, 1.165) is 39.4 Å². The van der Waals surface area contributed by atoms with Gasteiger partial charge in [0.1, 0.15) is 11.6 Å². The number of hydrogen-bond acceptors (Lipinski definition) is 3. The number of pyridine rings is 2. The van der Waals surface area contributed by atoms with Crippen molar-refractivity contribution in [1.29, 1.82) is 0 Å². The van der Waals surface area contributed by atoms with E-state index in [1.807, 2.05) is 18.5 Å². The average Bonchev–Trinajstić information content (AvgIpc) is 3.66. The summed E-state index contributed by atoms with van der Waals surface area (Å²) in [5.41, 5.74) is 11.6. The lowest BCUT2D eigenvalue weighted by atomic mass is 9.73. The predicted molar refractivity (Wildman–Crippen MR) is 216 cm³/mol. The predicted octanol–water partition coefficient (Wildman–Crippen LogP) is 12.1. The van der Waals surface area contributed by atoms with Gasteiger partial charge in [-0.2, -0.15) is 0 Å². The number of rotatable bonds is 3. The first-order valence-corrected chi connectivity index (χ1v) is 18.1. The van der Waals surface area contributed by atoms with Crippen molar-refractivity contribution in [2.45, 2.75) is 45.4 Å². The molecule has 0 N–H and O–H groups in total. The van der Waals surface area contributed by atoms with Crippen LogP contribution in [0.5, 0.6) is 0 Å². The molecule has 0 amide bonds. The molecule has 0 aliphatic carbocycles. The van der Waals surface area contributed by atoms with E-state index < -0.39 is 0 Å². The van der Waals surface area contributed by atoms with E-state index >= 15 is 0 Å². The van der Waals surface area contributed by atoms with Crippen molar-refractivity contribution in [3.05, 3.63) is 163 Å². The molecule has 0 radical (unpaired) electrons. The van der Waals surface area contributed by atoms with Crippen molar-refractivity contribution in [2.75, 3.05) is 4.90 Å². The van der Waals surface area contributed by atoms with Gasteiger partial charge in [-0.15, -0.1) is 0 Å². The van der Waals surface area contributed by atoms with Crippen LogP contribution in [-0.4, -0.2) is 19.1 Å². The smallest absolute Gasteiger partial charge is 0.137 e. The minimum Gasteiger partial charge on any atom is -0.310 e. The monoisotopic (exact) mass is 673 g/mol. The minimum absolute atomic E-state index is 0.00128. The van der Waals surface area contributed by atoms with Crippen molar-refractivity contribution < 1.29 is 0 Å². The molecule has 5 heteroatoms. The van der Waals surface area contributed by atoms with Crippen LogP contribution in [0.25, 0.3) is 55.2 Å². The molecule has 0 saturated heterocycles. The fourth-order valence-electron chi connectivity index (χ4n) is 8.52. The van der Waals surface area contributed by atoms with Crippen LogP contribution >= 0.6 is 0 Å². The van der Waals surface area contributed by atoms with Gasteiger partial charge in [0.2, 0.25) is 0 Å². The number of nitrogens with zero attached hydrogens (tertiary/aromatic N) is 5. The zero-order valence-electron chi connectivity index (χ0n) is 30.1. The van der Waals surface area contributed by atoms with Crippen LogP contribution < -0.4 is 4.90 Å². The molecule has 0 unspecified atom stereocenters. The Morgan fingerprint density at radius 2 is 1.12 bits per heavy atom. The number of anilines is 3. The molecular formula is C47H39N5. The Balaban J connectivity index is 1.28. The fourth-order valence-corrected chi connectivity index (χ4v) is 8.52. The van der Waals surface area contributed by atoms with Gasteiger partial charge in [-0.25, -0.2) is 9.97 Å². The molecule has 10 rings (SSSR count). The van der Waals surface area contributed by atoms with Crippen LogP contribution in [0.2, 0.25) is 0 Å². The van der Waals surface area contributed by atoms with E-state index in [1.54, 1.807) is 0 Å². The number of para-hydroxylation sites is 3. The van der Waals surface area contributed by atoms with Gasteiger partial charge >= 0.3 is 0 Å². The van der Waals surface area contributed by atoms with Crippen LogP contribution in [0.4, 0.5) is 17.1 Å². The van der Waals surface area contributed by atoms with Gasteiger partial charge in [0, 0.05) is 45.0 Å². The number of fused-ring (bicyclic) bond motifs is 8. The van der Waals surface area contributed by atoms with Gasteiger partial charge in [0.05, 0.1) is 33.4 Å². The summed E-state index contributed by atoms with van der Waals surface area (Å²) in [5.74, 6) is 1.84. The maximum Gasteiger partial charge on any atom is 0.137 e. The van der Waals surface area contributed by atoms with Gasteiger partial charge in [-0.3, -0.25) is 9.13 Å². The zero-order chi connectivity index (χ0) is 35.4. The molecule has 52 heavy (non-hydrogen) atoms. The lowest BCUT2D eigenvalue weighted by molar-refractivity contribution is 0.588. The molecule has 1 aliphatic heterocycles. The van der Waals surface area contributed by atoms with E-state index in [1.165, 1.54) is 49.6 Å². The molecule has 252 valence electrons. The second-order valence-electron chi connectivity index (χ2n) is 15.6. The molecule has 0 bridgehead atoms. The molecule has 0 saturated carbocycles. The molecule has 9 aromatic rings. The summed E-state index contributed by atoms with van der Waals surface area (Å²) < 4.78 is 4.65. The lowest BCUT2D eigenvalue weighted by Gasteiger charge is -2.42. The fraction of sp³-hybridized carbons (Fsp3) is 0.149. The second-order valence-corrected chi connectivity index (χ2v) is 15.6. The summed E-state index contributed by atoms with van der Waals surface area (Å²) in [4.78, 5) is 12.3. The average molecular weight is 674 g/mol. The third-order valence-electron chi connectivity index (χ3n) is 11.2. The number of hydrogen-bond donors (Lipinski definition) is 0. The lowest BCUT2D eigenvalue weighted by Crippen LogP contribution is -2.30. The Hall–Kier alpha value is -6.20. The molecule has 0 atom stereocenters. The van der Waals surface area contributed by atoms with Crippen molar-refractivity contribution in [3.63, 3.8) is 0 Å². The SMILES string of the molecule is CC(C)(C)c1ccnc(-n2c3ccccc3c3ccc(N4c5ccccc5C(C)(C)c5cc6c7ccccc7n(-c7ccccn7)c6cc54)cc32)c1. The Kier molecular flexibility index (Phi) is 6.42. The molecule has 0 fully saturated rings. The summed E-state index contributed by atoms with van der Waals surface area (Å²) in [6.07, 6.45) is 3.83. The van der Waals surface area contributed by atoms with Crippen LogP contribution in [0, 0.1) is 0 Å². The van der Waals surface area contributed by atoms with Crippen LogP contribution in [0.15, 0.2) is 146 Å². The highest BCUT2D eigenvalue weighted by Gasteiger charge is 2.38. The Morgan fingerprint density at radius 1 is 0.481 bits per heavy atom. The highest BCUT2D eigenvalue weighted by molar-refractivity contribution is 6.13. The Bertz CT molecular complexity index is 2870. The minimum atomic E-state index is -0.235. The van der Waals surface area contributed by atoms with Gasteiger partial charge in [0.15, 0.2) is 0 Å². The zero-order valence-corrected chi connectivity index (χ0v) is 30.1. The third kappa shape index (κ3) is 4.35. The standard InChI is InChI=1S/C47H39N5/c1-46(2,3)30-23-25-49-45(26-30)52-38-17-9-6-14-32(38)34-22-21-31(27-41(34)52)50-40-19-11-8-16-36(40)47(4,5)37-28-35-33-15-7-10-18-39(33)51(42(35)29-43(37)50)44-20-12-13-24-48-44/h6-29H,1-5H3. The largest absolute Gasteiger partial charge is 0.310 e. The van der Waals surface area contributed by atoms with Crippen LogP contribution in [0.1, 0.15) is 51.3 Å². The molecule has 5 heterocycles.